The third kappa shape index (κ3) is 4.32. The second kappa shape index (κ2) is 8.54. The molecule has 1 fully saturated rings. The summed E-state index contributed by atoms with van der Waals surface area (Å²) < 4.78 is 36.0. The highest BCUT2D eigenvalue weighted by Crippen LogP contribution is 2.40. The molecule has 5 rings (SSSR count). The summed E-state index contributed by atoms with van der Waals surface area (Å²) in [6, 6.07) is 10.0. The van der Waals surface area contributed by atoms with E-state index in [1.165, 1.54) is 12.1 Å². The number of imidazole rings is 1. The van der Waals surface area contributed by atoms with Crippen LogP contribution in [0.15, 0.2) is 59.9 Å². The Balaban J connectivity index is 1.54. The first-order valence-electron chi connectivity index (χ1n) is 10.6. The van der Waals surface area contributed by atoms with Crippen molar-refractivity contribution in [2.75, 3.05) is 5.75 Å². The molecule has 2 N–H and O–H groups in total. The average Bonchev–Trinajstić information content (AvgIpc) is 3.45. The van der Waals surface area contributed by atoms with Crippen molar-refractivity contribution in [1.29, 1.82) is 0 Å². The number of aliphatic hydroxyl groups is 1. The van der Waals surface area contributed by atoms with E-state index in [2.05, 4.69) is 19.9 Å². The van der Waals surface area contributed by atoms with Gasteiger partial charge in [0.05, 0.1) is 34.0 Å². The van der Waals surface area contributed by atoms with Crippen molar-refractivity contribution >= 4 is 20.9 Å². The predicted octanol–water partition coefficient (Wildman–Crippen LogP) is 3.78. The van der Waals surface area contributed by atoms with E-state index in [-0.39, 0.29) is 16.8 Å². The van der Waals surface area contributed by atoms with Gasteiger partial charge in [0.25, 0.3) is 0 Å². The standard InChI is InChI=1S/C23H22N4O5S/c1-2-33(29,30)15-5-3-14(4-6-15)31-21-12-18-17(11-16(21)20-7-8-22(28)32-20)26-23(27-18)19-13-24-9-10-25-19/h3-6,9-13,20,22,28H,2,7-8H2,1H3,(H,26,27). The first kappa shape index (κ1) is 21.5. The zero-order valence-corrected chi connectivity index (χ0v) is 18.6. The Hall–Kier alpha value is -3.34. The maximum atomic E-state index is 12.1. The maximum Gasteiger partial charge on any atom is 0.178 e. The topological polar surface area (TPSA) is 127 Å². The molecular weight excluding hydrogens is 444 g/mol. The molecule has 1 aliphatic heterocycles. The van der Waals surface area contributed by atoms with Gasteiger partial charge < -0.3 is 19.6 Å². The fourth-order valence-corrected chi connectivity index (χ4v) is 4.68. The molecule has 2 unspecified atom stereocenters. The fraction of sp³-hybridized carbons (Fsp3) is 0.261. The molecule has 0 spiro atoms. The predicted molar refractivity (Wildman–Crippen MR) is 120 cm³/mol. The van der Waals surface area contributed by atoms with Gasteiger partial charge in [-0.05, 0) is 36.8 Å². The van der Waals surface area contributed by atoms with E-state index in [0.29, 0.717) is 41.4 Å². The highest BCUT2D eigenvalue weighted by atomic mass is 32.2. The Bertz CT molecular complexity index is 1390. The van der Waals surface area contributed by atoms with Crippen LogP contribution in [0.25, 0.3) is 22.6 Å². The van der Waals surface area contributed by atoms with Crippen molar-refractivity contribution in [3.8, 4) is 23.0 Å². The van der Waals surface area contributed by atoms with Crippen molar-refractivity contribution in [3.63, 3.8) is 0 Å². The first-order chi connectivity index (χ1) is 15.9. The van der Waals surface area contributed by atoms with E-state index >= 15 is 0 Å². The summed E-state index contributed by atoms with van der Waals surface area (Å²) in [5.74, 6) is 1.60. The molecule has 9 nitrogen and oxygen atoms in total. The molecule has 2 aromatic heterocycles. The molecule has 4 aromatic rings. The fourth-order valence-electron chi connectivity index (χ4n) is 3.79. The van der Waals surface area contributed by atoms with E-state index in [0.717, 1.165) is 11.1 Å². The Morgan fingerprint density at radius 3 is 2.67 bits per heavy atom. The third-order valence-corrected chi connectivity index (χ3v) is 7.30. The third-order valence-electron chi connectivity index (χ3n) is 5.55. The number of aliphatic hydroxyl groups excluding tert-OH is 1. The minimum Gasteiger partial charge on any atom is -0.457 e. The lowest BCUT2D eigenvalue weighted by atomic mass is 10.0. The van der Waals surface area contributed by atoms with Crippen molar-refractivity contribution < 1.29 is 23.0 Å². The molecule has 0 radical (unpaired) electrons. The second-order valence-corrected chi connectivity index (χ2v) is 10.00. The summed E-state index contributed by atoms with van der Waals surface area (Å²) in [5, 5.41) is 9.88. The zero-order chi connectivity index (χ0) is 23.0. The molecule has 1 saturated heterocycles. The van der Waals surface area contributed by atoms with Crippen LogP contribution >= 0.6 is 0 Å². The Morgan fingerprint density at radius 1 is 1.18 bits per heavy atom. The van der Waals surface area contributed by atoms with Crippen LogP contribution in [0, 0.1) is 0 Å². The van der Waals surface area contributed by atoms with Crippen molar-refractivity contribution in [2.45, 2.75) is 37.1 Å². The Morgan fingerprint density at radius 2 is 2.00 bits per heavy atom. The van der Waals surface area contributed by atoms with Gasteiger partial charge in [-0.25, -0.2) is 18.4 Å². The van der Waals surface area contributed by atoms with Crippen LogP contribution in [-0.4, -0.2) is 45.5 Å². The number of aromatic nitrogens is 4. The molecule has 1 aliphatic rings. The quantitative estimate of drug-likeness (QED) is 0.440. The van der Waals surface area contributed by atoms with Crippen LogP contribution in [0.3, 0.4) is 0 Å². The number of nitrogens with zero attached hydrogens (tertiary/aromatic N) is 3. The maximum absolute atomic E-state index is 12.1. The van der Waals surface area contributed by atoms with Crippen LogP contribution in [-0.2, 0) is 14.6 Å². The number of fused-ring (bicyclic) bond motifs is 1. The summed E-state index contributed by atoms with van der Waals surface area (Å²) in [5.41, 5.74) is 2.81. The number of rotatable bonds is 6. The molecule has 0 aliphatic carbocycles. The lowest BCUT2D eigenvalue weighted by Crippen LogP contribution is -2.05. The van der Waals surface area contributed by atoms with E-state index in [1.54, 1.807) is 43.7 Å². The Labute approximate surface area is 190 Å². The number of aromatic amines is 1. The summed E-state index contributed by atoms with van der Waals surface area (Å²) in [4.78, 5) is 16.5. The molecule has 2 atom stereocenters. The molecule has 170 valence electrons. The monoisotopic (exact) mass is 466 g/mol. The largest absolute Gasteiger partial charge is 0.457 e. The van der Waals surface area contributed by atoms with Crippen LogP contribution < -0.4 is 4.74 Å². The SMILES string of the molecule is CCS(=O)(=O)c1ccc(Oc2cc3nc(-c4cnccn4)[nH]c3cc2C2CCC(O)O2)cc1. The number of hydrogen-bond donors (Lipinski definition) is 2. The molecule has 3 heterocycles. The van der Waals surface area contributed by atoms with Gasteiger partial charge in [0.15, 0.2) is 22.0 Å². The van der Waals surface area contributed by atoms with Gasteiger partial charge in [-0.1, -0.05) is 6.92 Å². The van der Waals surface area contributed by atoms with Crippen molar-refractivity contribution in [1.82, 2.24) is 19.9 Å². The van der Waals surface area contributed by atoms with Crippen LogP contribution in [0.5, 0.6) is 11.5 Å². The lowest BCUT2D eigenvalue weighted by molar-refractivity contribution is -0.0916. The summed E-state index contributed by atoms with van der Waals surface area (Å²) >= 11 is 0. The molecule has 0 amide bonds. The van der Waals surface area contributed by atoms with Gasteiger partial charge in [0.2, 0.25) is 0 Å². The number of benzene rings is 2. The minimum absolute atomic E-state index is 0.0304. The smallest absolute Gasteiger partial charge is 0.178 e. The number of nitrogens with one attached hydrogen (secondary N) is 1. The van der Waals surface area contributed by atoms with Crippen LogP contribution in [0.1, 0.15) is 31.4 Å². The van der Waals surface area contributed by atoms with E-state index in [4.69, 9.17) is 9.47 Å². The highest BCUT2D eigenvalue weighted by molar-refractivity contribution is 7.91. The summed E-state index contributed by atoms with van der Waals surface area (Å²) in [6.07, 6.45) is 4.81. The normalized spacial score (nSPS) is 18.6. The molecule has 0 saturated carbocycles. The number of sulfone groups is 1. The van der Waals surface area contributed by atoms with Crippen molar-refractivity contribution in [2.24, 2.45) is 0 Å². The van der Waals surface area contributed by atoms with Gasteiger partial charge in [-0.2, -0.15) is 0 Å². The summed E-state index contributed by atoms with van der Waals surface area (Å²) in [6.45, 7) is 1.61. The molecule has 33 heavy (non-hydrogen) atoms. The molecular formula is C23H22N4O5S. The number of ether oxygens (including phenoxy) is 2. The van der Waals surface area contributed by atoms with Gasteiger partial charge in [-0.3, -0.25) is 4.98 Å². The number of hydrogen-bond acceptors (Lipinski definition) is 8. The van der Waals surface area contributed by atoms with Crippen molar-refractivity contribution in [3.05, 3.63) is 60.6 Å². The molecule has 10 heteroatoms. The highest BCUT2D eigenvalue weighted by Gasteiger charge is 2.28. The van der Waals surface area contributed by atoms with Gasteiger partial charge in [0.1, 0.15) is 17.2 Å². The molecule has 0 bridgehead atoms. The van der Waals surface area contributed by atoms with E-state index in [1.807, 2.05) is 6.07 Å². The lowest BCUT2D eigenvalue weighted by Gasteiger charge is -2.16. The average molecular weight is 467 g/mol. The zero-order valence-electron chi connectivity index (χ0n) is 17.8. The van der Waals surface area contributed by atoms with Crippen LogP contribution in [0.4, 0.5) is 0 Å². The van der Waals surface area contributed by atoms with Gasteiger partial charge >= 0.3 is 0 Å². The van der Waals surface area contributed by atoms with Gasteiger partial charge in [-0.15, -0.1) is 0 Å². The summed E-state index contributed by atoms with van der Waals surface area (Å²) in [7, 11) is -3.30. The second-order valence-electron chi connectivity index (χ2n) is 7.72. The Kier molecular flexibility index (Phi) is 5.57. The molecule has 2 aromatic carbocycles. The van der Waals surface area contributed by atoms with E-state index in [9.17, 15) is 13.5 Å². The van der Waals surface area contributed by atoms with E-state index < -0.39 is 16.1 Å². The van der Waals surface area contributed by atoms with Crippen LogP contribution in [0.2, 0.25) is 0 Å². The van der Waals surface area contributed by atoms with Gasteiger partial charge in [0, 0.05) is 30.4 Å². The number of H-pyrrole nitrogens is 1. The minimum atomic E-state index is -3.30. The first-order valence-corrected chi connectivity index (χ1v) is 12.2.